The van der Waals surface area contributed by atoms with Crippen LogP contribution in [0.1, 0.15) is 37.8 Å². The number of benzene rings is 1. The minimum atomic E-state index is 0.0995. The molecule has 1 rings (SSSR count). The van der Waals surface area contributed by atoms with Crippen molar-refractivity contribution in [2.45, 2.75) is 51.6 Å². The van der Waals surface area contributed by atoms with Crippen LogP contribution in [0.25, 0.3) is 0 Å². The van der Waals surface area contributed by atoms with E-state index in [2.05, 4.69) is 64.0 Å². The van der Waals surface area contributed by atoms with Crippen molar-refractivity contribution in [3.05, 3.63) is 35.4 Å². The van der Waals surface area contributed by atoms with Crippen LogP contribution in [-0.2, 0) is 6.42 Å². The first kappa shape index (κ1) is 15.2. The van der Waals surface area contributed by atoms with E-state index in [0.717, 1.165) is 19.3 Å². The van der Waals surface area contributed by atoms with Gasteiger partial charge in [-0.1, -0.05) is 38.1 Å². The summed E-state index contributed by atoms with van der Waals surface area (Å²) in [6.07, 6.45) is 3.12. The van der Waals surface area contributed by atoms with Crippen LogP contribution in [0.3, 0.4) is 0 Å². The Morgan fingerprint density at radius 1 is 1.17 bits per heavy atom. The molecule has 0 radical (unpaired) electrons. The Hall–Kier alpha value is -0.860. The average molecular weight is 248 g/mol. The molecule has 0 saturated carbocycles. The highest BCUT2D eigenvalue weighted by Gasteiger charge is 2.35. The summed E-state index contributed by atoms with van der Waals surface area (Å²) in [5.41, 5.74) is 9.35. The van der Waals surface area contributed by atoms with Gasteiger partial charge in [0.2, 0.25) is 0 Å². The van der Waals surface area contributed by atoms with Crippen LogP contribution >= 0.6 is 0 Å². The molecule has 2 N–H and O–H groups in total. The third-order valence-corrected chi connectivity index (χ3v) is 4.51. The molecule has 0 spiro atoms. The maximum Gasteiger partial charge on any atom is 0.0352 e. The largest absolute Gasteiger partial charge is 0.326 e. The first-order chi connectivity index (χ1) is 8.47. The van der Waals surface area contributed by atoms with Crippen LogP contribution in [0, 0.1) is 6.92 Å². The van der Waals surface area contributed by atoms with Crippen LogP contribution in [0.15, 0.2) is 24.3 Å². The van der Waals surface area contributed by atoms with E-state index in [0.29, 0.717) is 0 Å². The molecule has 0 aliphatic rings. The molecule has 0 fully saturated rings. The lowest BCUT2D eigenvalue weighted by Gasteiger charge is -2.43. The molecule has 0 saturated heterocycles. The van der Waals surface area contributed by atoms with Gasteiger partial charge >= 0.3 is 0 Å². The second-order valence-electron chi connectivity index (χ2n) is 5.44. The molecular weight excluding hydrogens is 220 g/mol. The lowest BCUT2D eigenvalue weighted by molar-refractivity contribution is 0.105. The summed E-state index contributed by atoms with van der Waals surface area (Å²) in [5, 5.41) is 0. The number of aryl methyl sites for hydroxylation is 1. The molecule has 1 aromatic rings. The molecule has 0 aliphatic carbocycles. The van der Waals surface area contributed by atoms with E-state index in [1.807, 2.05) is 0 Å². The third kappa shape index (κ3) is 2.93. The molecule has 0 heterocycles. The van der Waals surface area contributed by atoms with Gasteiger partial charge in [-0.05, 0) is 51.4 Å². The summed E-state index contributed by atoms with van der Waals surface area (Å²) in [5.74, 6) is 0. The summed E-state index contributed by atoms with van der Waals surface area (Å²) < 4.78 is 0. The standard InChI is InChI=1S/C16H28N2/c1-6-16(7-2,18(4)5)15(17)12-14-11-9-8-10-13(14)3/h8-11,15H,6-7,12,17H2,1-5H3. The Labute approximate surface area is 112 Å². The van der Waals surface area contributed by atoms with Gasteiger partial charge in [-0.2, -0.15) is 0 Å². The van der Waals surface area contributed by atoms with E-state index in [-0.39, 0.29) is 11.6 Å². The van der Waals surface area contributed by atoms with E-state index in [1.165, 1.54) is 11.1 Å². The molecule has 2 nitrogen and oxygen atoms in total. The minimum absolute atomic E-state index is 0.0995. The predicted octanol–water partition coefficient (Wildman–Crippen LogP) is 2.99. The molecular formula is C16H28N2. The number of likely N-dealkylation sites (N-methyl/N-ethyl adjacent to an activating group) is 1. The van der Waals surface area contributed by atoms with Gasteiger partial charge in [0, 0.05) is 11.6 Å². The maximum absolute atomic E-state index is 6.53. The fraction of sp³-hybridized carbons (Fsp3) is 0.625. The van der Waals surface area contributed by atoms with Crippen LogP contribution in [-0.4, -0.2) is 30.6 Å². The van der Waals surface area contributed by atoms with Crippen LogP contribution in [0.4, 0.5) is 0 Å². The van der Waals surface area contributed by atoms with Crippen molar-refractivity contribution >= 4 is 0 Å². The summed E-state index contributed by atoms with van der Waals surface area (Å²) in [7, 11) is 4.29. The molecule has 18 heavy (non-hydrogen) atoms. The van der Waals surface area contributed by atoms with Crippen molar-refractivity contribution in [2.24, 2.45) is 5.73 Å². The normalized spacial score (nSPS) is 13.9. The Bertz CT molecular complexity index is 367. The van der Waals surface area contributed by atoms with Gasteiger partial charge in [-0.15, -0.1) is 0 Å². The minimum Gasteiger partial charge on any atom is -0.326 e. The molecule has 0 aromatic heterocycles. The number of rotatable bonds is 6. The van der Waals surface area contributed by atoms with Crippen molar-refractivity contribution < 1.29 is 0 Å². The van der Waals surface area contributed by atoms with E-state index < -0.39 is 0 Å². The molecule has 0 bridgehead atoms. The number of nitrogens with two attached hydrogens (primary N) is 1. The monoisotopic (exact) mass is 248 g/mol. The zero-order valence-electron chi connectivity index (χ0n) is 12.5. The van der Waals surface area contributed by atoms with Gasteiger partial charge in [0.25, 0.3) is 0 Å². The van der Waals surface area contributed by atoms with Crippen LogP contribution < -0.4 is 5.73 Å². The first-order valence-corrected chi connectivity index (χ1v) is 6.95. The zero-order valence-corrected chi connectivity index (χ0v) is 12.5. The molecule has 0 amide bonds. The first-order valence-electron chi connectivity index (χ1n) is 6.95. The highest BCUT2D eigenvalue weighted by Crippen LogP contribution is 2.27. The Morgan fingerprint density at radius 2 is 1.72 bits per heavy atom. The molecule has 1 aromatic carbocycles. The molecule has 102 valence electrons. The van der Waals surface area contributed by atoms with Gasteiger partial charge in [0.05, 0.1) is 0 Å². The third-order valence-electron chi connectivity index (χ3n) is 4.51. The van der Waals surface area contributed by atoms with Crippen molar-refractivity contribution in [3.8, 4) is 0 Å². The Kier molecular flexibility index (Phi) is 5.36. The van der Waals surface area contributed by atoms with Gasteiger partial charge in [0.1, 0.15) is 0 Å². The smallest absolute Gasteiger partial charge is 0.0352 e. The molecule has 0 aliphatic heterocycles. The molecule has 1 atom stereocenters. The van der Waals surface area contributed by atoms with Crippen molar-refractivity contribution in [3.63, 3.8) is 0 Å². The quantitative estimate of drug-likeness (QED) is 0.838. The van der Waals surface area contributed by atoms with E-state index in [9.17, 15) is 0 Å². The summed E-state index contributed by atoms with van der Waals surface area (Å²) in [6, 6.07) is 8.72. The van der Waals surface area contributed by atoms with Crippen molar-refractivity contribution in [1.82, 2.24) is 4.90 Å². The second kappa shape index (κ2) is 6.35. The number of hydrogen-bond acceptors (Lipinski definition) is 2. The molecule has 2 heteroatoms. The highest BCUT2D eigenvalue weighted by atomic mass is 15.2. The van der Waals surface area contributed by atoms with Gasteiger partial charge in [-0.3, -0.25) is 0 Å². The number of hydrogen-bond donors (Lipinski definition) is 1. The SMILES string of the molecule is CCC(CC)(C(N)Cc1ccccc1C)N(C)C. The fourth-order valence-electron chi connectivity index (χ4n) is 3.00. The topological polar surface area (TPSA) is 29.3 Å². The van der Waals surface area contributed by atoms with Crippen molar-refractivity contribution in [1.29, 1.82) is 0 Å². The van der Waals surface area contributed by atoms with Gasteiger partial charge in [0.15, 0.2) is 0 Å². The fourth-order valence-corrected chi connectivity index (χ4v) is 3.00. The Morgan fingerprint density at radius 3 is 2.17 bits per heavy atom. The van der Waals surface area contributed by atoms with E-state index in [4.69, 9.17) is 5.73 Å². The number of nitrogens with zero attached hydrogens (tertiary/aromatic N) is 1. The van der Waals surface area contributed by atoms with E-state index >= 15 is 0 Å². The van der Waals surface area contributed by atoms with Crippen LogP contribution in [0.2, 0.25) is 0 Å². The lowest BCUT2D eigenvalue weighted by atomic mass is 9.80. The summed E-state index contributed by atoms with van der Waals surface area (Å²) in [4.78, 5) is 2.30. The van der Waals surface area contributed by atoms with E-state index in [1.54, 1.807) is 0 Å². The van der Waals surface area contributed by atoms with Crippen LogP contribution in [0.5, 0.6) is 0 Å². The summed E-state index contributed by atoms with van der Waals surface area (Å²) >= 11 is 0. The second-order valence-corrected chi connectivity index (χ2v) is 5.44. The maximum atomic E-state index is 6.53. The van der Waals surface area contributed by atoms with Gasteiger partial charge in [-0.25, -0.2) is 0 Å². The lowest BCUT2D eigenvalue weighted by Crippen LogP contribution is -2.57. The van der Waals surface area contributed by atoms with Crippen molar-refractivity contribution in [2.75, 3.05) is 14.1 Å². The average Bonchev–Trinajstić information content (AvgIpc) is 2.34. The molecule has 1 unspecified atom stereocenters. The summed E-state index contributed by atoms with van der Waals surface area (Å²) in [6.45, 7) is 6.64. The zero-order chi connectivity index (χ0) is 13.8. The predicted molar refractivity (Wildman–Crippen MR) is 79.9 cm³/mol. The van der Waals surface area contributed by atoms with Gasteiger partial charge < -0.3 is 10.6 Å². The highest BCUT2D eigenvalue weighted by molar-refractivity contribution is 5.27. The Balaban J connectivity index is 2.92.